The van der Waals surface area contributed by atoms with Crippen LogP contribution < -0.4 is 11.1 Å². The van der Waals surface area contributed by atoms with Gasteiger partial charge >= 0.3 is 6.18 Å². The summed E-state index contributed by atoms with van der Waals surface area (Å²) in [6.07, 6.45) is -4.01. The number of nitrogens with one attached hydrogen (secondary N) is 1. The number of benzene rings is 1. The van der Waals surface area contributed by atoms with Crippen molar-refractivity contribution >= 4 is 11.8 Å². The molecule has 0 aromatic heterocycles. The molecule has 1 aliphatic carbocycles. The second-order valence-corrected chi connectivity index (χ2v) is 6.74. The summed E-state index contributed by atoms with van der Waals surface area (Å²) < 4.78 is 39.3. The van der Waals surface area contributed by atoms with Crippen molar-refractivity contribution in [3.63, 3.8) is 0 Å². The number of nitrogens with zero attached hydrogens (tertiary/aromatic N) is 1. The van der Waals surface area contributed by atoms with Gasteiger partial charge in [-0.3, -0.25) is 14.5 Å². The predicted octanol–water partition coefficient (Wildman–Crippen LogP) is 1.72. The molecule has 25 heavy (non-hydrogen) atoms. The van der Waals surface area contributed by atoms with E-state index >= 15 is 0 Å². The van der Waals surface area contributed by atoms with Crippen LogP contribution in [0.25, 0.3) is 0 Å². The fraction of sp³-hybridized carbons (Fsp3) is 0.529. The Morgan fingerprint density at radius 2 is 1.76 bits per heavy atom. The summed E-state index contributed by atoms with van der Waals surface area (Å²) in [4.78, 5) is 25.8. The maximum absolute atomic E-state index is 13.1. The van der Waals surface area contributed by atoms with Gasteiger partial charge in [0.05, 0.1) is 12.1 Å². The molecular weight excluding hydrogens is 335 g/mol. The van der Waals surface area contributed by atoms with Gasteiger partial charge in [0.2, 0.25) is 11.8 Å². The number of carbonyl (C=O) groups excluding carboxylic acids is 2. The van der Waals surface area contributed by atoms with E-state index in [1.165, 1.54) is 0 Å². The highest BCUT2D eigenvalue weighted by atomic mass is 19.4. The Balaban J connectivity index is 1.76. The maximum Gasteiger partial charge on any atom is 0.411 e. The molecule has 0 unspecified atom stereocenters. The lowest BCUT2D eigenvalue weighted by molar-refractivity contribution is -0.171. The molecule has 1 aromatic carbocycles. The van der Waals surface area contributed by atoms with Crippen molar-refractivity contribution in [3.05, 3.63) is 35.9 Å². The Bertz CT molecular complexity index is 659. The molecule has 3 rings (SSSR count). The van der Waals surface area contributed by atoms with Crippen LogP contribution in [0.1, 0.15) is 31.2 Å². The van der Waals surface area contributed by atoms with E-state index in [2.05, 4.69) is 5.32 Å². The summed E-state index contributed by atoms with van der Waals surface area (Å²) in [5.41, 5.74) is 4.18. The number of rotatable bonds is 5. The first kappa shape index (κ1) is 17.7. The molecule has 1 aromatic rings. The monoisotopic (exact) mass is 355 g/mol. The summed E-state index contributed by atoms with van der Waals surface area (Å²) in [5, 5.41) is 2.17. The minimum atomic E-state index is -4.46. The first-order valence-electron chi connectivity index (χ1n) is 8.21. The van der Waals surface area contributed by atoms with E-state index in [1.54, 1.807) is 4.90 Å². The van der Waals surface area contributed by atoms with E-state index in [9.17, 15) is 22.8 Å². The smallest absolute Gasteiger partial charge is 0.368 e. The molecule has 1 saturated heterocycles. The van der Waals surface area contributed by atoms with E-state index in [1.807, 2.05) is 30.3 Å². The zero-order valence-electron chi connectivity index (χ0n) is 13.6. The van der Waals surface area contributed by atoms with Crippen LogP contribution in [0.3, 0.4) is 0 Å². The molecular formula is C17H20F3N3O2. The zero-order valence-corrected chi connectivity index (χ0v) is 13.6. The molecule has 3 N–H and O–H groups in total. The third-order valence-electron chi connectivity index (χ3n) is 5.01. The molecule has 1 saturated carbocycles. The Kier molecular flexibility index (Phi) is 4.49. The number of primary amides is 1. The number of likely N-dealkylation sites (tertiary alicyclic amines) is 1. The number of hydrogen-bond acceptors (Lipinski definition) is 3. The maximum atomic E-state index is 13.1. The highest BCUT2D eigenvalue weighted by Gasteiger charge is 2.64. The fourth-order valence-electron chi connectivity index (χ4n) is 3.39. The van der Waals surface area contributed by atoms with Gasteiger partial charge in [0.25, 0.3) is 0 Å². The van der Waals surface area contributed by atoms with Crippen LogP contribution in [0.2, 0.25) is 0 Å². The number of amides is 2. The lowest BCUT2D eigenvalue weighted by atomic mass is 10.1. The van der Waals surface area contributed by atoms with Gasteiger partial charge in [-0.2, -0.15) is 13.2 Å². The van der Waals surface area contributed by atoms with Gasteiger partial charge in [-0.15, -0.1) is 0 Å². The number of alkyl halides is 3. The topological polar surface area (TPSA) is 75.4 Å². The van der Waals surface area contributed by atoms with Crippen molar-refractivity contribution < 1.29 is 22.8 Å². The minimum Gasteiger partial charge on any atom is -0.368 e. The van der Waals surface area contributed by atoms with E-state index < -0.39 is 35.6 Å². The molecule has 2 amide bonds. The van der Waals surface area contributed by atoms with Crippen molar-refractivity contribution in [2.45, 2.75) is 56.0 Å². The number of hydrogen-bond donors (Lipinski definition) is 2. The van der Waals surface area contributed by atoms with Crippen molar-refractivity contribution in [3.8, 4) is 0 Å². The molecule has 2 aliphatic rings. The van der Waals surface area contributed by atoms with Crippen molar-refractivity contribution in [1.82, 2.24) is 10.2 Å². The largest absolute Gasteiger partial charge is 0.411 e. The summed E-state index contributed by atoms with van der Waals surface area (Å²) in [6, 6.07) is 7.70. The van der Waals surface area contributed by atoms with E-state index in [4.69, 9.17) is 5.73 Å². The van der Waals surface area contributed by atoms with Gasteiger partial charge < -0.3 is 11.1 Å². The molecule has 2 fully saturated rings. The third-order valence-corrected chi connectivity index (χ3v) is 5.01. The van der Waals surface area contributed by atoms with Gasteiger partial charge in [-0.25, -0.2) is 0 Å². The SMILES string of the molecule is NC(=O)[C@@H]1CC[C@H](C(=O)NC2(C(F)(F)F)CC2)N1Cc1ccccc1. The molecule has 0 spiro atoms. The molecule has 136 valence electrons. The molecule has 0 radical (unpaired) electrons. The van der Waals surface area contributed by atoms with Gasteiger partial charge in [0.1, 0.15) is 5.54 Å². The van der Waals surface area contributed by atoms with Crippen LogP contribution >= 0.6 is 0 Å². The fourth-order valence-corrected chi connectivity index (χ4v) is 3.39. The molecule has 2 atom stereocenters. The first-order valence-corrected chi connectivity index (χ1v) is 8.21. The third kappa shape index (κ3) is 3.49. The summed E-state index contributed by atoms with van der Waals surface area (Å²) in [5.74, 6) is -1.25. The number of halogens is 3. The van der Waals surface area contributed by atoms with Crippen LogP contribution in [0, 0.1) is 0 Å². The van der Waals surface area contributed by atoms with Crippen molar-refractivity contribution in [1.29, 1.82) is 0 Å². The van der Waals surface area contributed by atoms with Gasteiger partial charge in [-0.1, -0.05) is 30.3 Å². The van der Waals surface area contributed by atoms with E-state index in [0.717, 1.165) is 5.56 Å². The highest BCUT2D eigenvalue weighted by Crippen LogP contribution is 2.49. The Labute approximate surface area is 143 Å². The number of nitrogens with two attached hydrogens (primary N) is 1. The summed E-state index contributed by atoms with van der Waals surface area (Å²) >= 11 is 0. The second kappa shape index (κ2) is 6.33. The standard InChI is InChI=1S/C17H20F3N3O2/c18-17(19,20)16(8-9-16)22-15(25)13-7-6-12(14(21)24)23(13)10-11-4-2-1-3-5-11/h1-5,12-13H,6-10H2,(H2,21,24)(H,22,25)/t12-,13+/m0/s1. The van der Waals surface area contributed by atoms with Gasteiger partial charge in [0, 0.05) is 6.54 Å². The zero-order chi connectivity index (χ0) is 18.2. The quantitative estimate of drug-likeness (QED) is 0.844. The van der Waals surface area contributed by atoms with Crippen LogP contribution in [-0.4, -0.2) is 40.5 Å². The lowest BCUT2D eigenvalue weighted by Gasteiger charge is -2.30. The van der Waals surface area contributed by atoms with E-state index in [-0.39, 0.29) is 19.4 Å². The molecule has 0 bridgehead atoms. The lowest BCUT2D eigenvalue weighted by Crippen LogP contribution is -2.55. The highest BCUT2D eigenvalue weighted by molar-refractivity contribution is 5.86. The van der Waals surface area contributed by atoms with Crippen LogP contribution in [-0.2, 0) is 16.1 Å². The van der Waals surface area contributed by atoms with Crippen LogP contribution in [0.4, 0.5) is 13.2 Å². The molecule has 1 aliphatic heterocycles. The number of carbonyl (C=O) groups is 2. The van der Waals surface area contributed by atoms with E-state index in [0.29, 0.717) is 12.8 Å². The average molecular weight is 355 g/mol. The summed E-state index contributed by atoms with van der Waals surface area (Å²) in [6.45, 7) is 0.283. The van der Waals surface area contributed by atoms with Crippen LogP contribution in [0.5, 0.6) is 0 Å². The average Bonchev–Trinajstić information content (AvgIpc) is 3.20. The summed E-state index contributed by atoms with van der Waals surface area (Å²) in [7, 11) is 0. The Hall–Kier alpha value is -2.09. The van der Waals surface area contributed by atoms with Gasteiger partial charge in [-0.05, 0) is 31.2 Å². The molecule has 1 heterocycles. The Morgan fingerprint density at radius 3 is 2.28 bits per heavy atom. The first-order chi connectivity index (χ1) is 11.7. The predicted molar refractivity (Wildman–Crippen MR) is 84.2 cm³/mol. The second-order valence-electron chi connectivity index (χ2n) is 6.74. The van der Waals surface area contributed by atoms with Gasteiger partial charge in [0.15, 0.2) is 0 Å². The van der Waals surface area contributed by atoms with Crippen molar-refractivity contribution in [2.24, 2.45) is 5.73 Å². The van der Waals surface area contributed by atoms with Crippen molar-refractivity contribution in [2.75, 3.05) is 0 Å². The molecule has 8 heteroatoms. The normalized spacial score (nSPS) is 25.6. The van der Waals surface area contributed by atoms with Crippen LogP contribution in [0.15, 0.2) is 30.3 Å². The molecule has 5 nitrogen and oxygen atoms in total. The minimum absolute atomic E-state index is 0.104. The Morgan fingerprint density at radius 1 is 1.16 bits per heavy atom.